The highest BCUT2D eigenvalue weighted by atomic mass is 14.0. The lowest BCUT2D eigenvalue weighted by Crippen LogP contribution is -1.91. The quantitative estimate of drug-likeness (QED) is 0.409. The lowest BCUT2D eigenvalue weighted by Gasteiger charge is -2.06. The van der Waals surface area contributed by atoms with Crippen molar-refractivity contribution in [1.29, 1.82) is 0 Å². The Morgan fingerprint density at radius 2 is 1.87 bits per heavy atom. The molecule has 15 heavy (non-hydrogen) atoms. The Morgan fingerprint density at radius 1 is 1.20 bits per heavy atom. The molecule has 0 aromatic carbocycles. The average molecular weight is 206 g/mol. The van der Waals surface area contributed by atoms with Crippen LogP contribution in [0.1, 0.15) is 53.9 Å². The number of rotatable bonds is 6. The summed E-state index contributed by atoms with van der Waals surface area (Å²) in [5, 5.41) is 0. The predicted molar refractivity (Wildman–Crippen MR) is 71.0 cm³/mol. The minimum absolute atomic E-state index is 0.793. The summed E-state index contributed by atoms with van der Waals surface area (Å²) in [5.74, 6) is 0.793. The van der Waals surface area contributed by atoms with E-state index in [1.165, 1.54) is 30.4 Å². The summed E-state index contributed by atoms with van der Waals surface area (Å²) >= 11 is 0. The van der Waals surface area contributed by atoms with E-state index in [0.717, 1.165) is 5.92 Å². The van der Waals surface area contributed by atoms with Crippen molar-refractivity contribution in [2.45, 2.75) is 53.9 Å². The van der Waals surface area contributed by atoms with Crippen molar-refractivity contribution in [3.8, 4) is 0 Å². The van der Waals surface area contributed by atoms with E-state index in [4.69, 9.17) is 0 Å². The van der Waals surface area contributed by atoms with Gasteiger partial charge in [0.1, 0.15) is 0 Å². The van der Waals surface area contributed by atoms with E-state index in [-0.39, 0.29) is 0 Å². The van der Waals surface area contributed by atoms with Crippen molar-refractivity contribution in [3.63, 3.8) is 0 Å². The summed E-state index contributed by atoms with van der Waals surface area (Å²) in [6.07, 6.45) is 12.7. The topological polar surface area (TPSA) is 0 Å². The van der Waals surface area contributed by atoms with E-state index in [1.807, 2.05) is 0 Å². The van der Waals surface area contributed by atoms with E-state index in [9.17, 15) is 0 Å². The van der Waals surface area contributed by atoms with Gasteiger partial charge >= 0.3 is 0 Å². The van der Waals surface area contributed by atoms with Crippen LogP contribution in [0, 0.1) is 5.92 Å². The van der Waals surface area contributed by atoms with Crippen LogP contribution in [0.15, 0.2) is 35.5 Å². The van der Waals surface area contributed by atoms with E-state index >= 15 is 0 Å². The Kier molecular flexibility index (Phi) is 8.08. The largest absolute Gasteiger partial charge is 0.0859 e. The maximum atomic E-state index is 2.33. The third-order valence-electron chi connectivity index (χ3n) is 2.59. The number of allylic oxidation sites excluding steroid dienone is 6. The Hall–Kier alpha value is -0.780. The molecule has 0 spiro atoms. The minimum Gasteiger partial charge on any atom is -0.0859 e. The molecule has 0 aliphatic carbocycles. The SMILES string of the molecule is C/C=C(C)/C=C/C[C@H](C)CCC=C(C)C. The standard InChI is InChI=1S/C15H26/c1-6-14(4)10-8-12-15(5)11-7-9-13(2)3/h6,8-10,15H,7,11-12H2,1-5H3/b10-8+,14-6+/t15-/m1/s1. The first-order valence-corrected chi connectivity index (χ1v) is 5.99. The van der Waals surface area contributed by atoms with Crippen LogP contribution in [0.5, 0.6) is 0 Å². The molecule has 0 aliphatic heterocycles. The Morgan fingerprint density at radius 3 is 2.40 bits per heavy atom. The molecule has 0 unspecified atom stereocenters. The normalized spacial score (nSPS) is 14.3. The summed E-state index contributed by atoms with van der Waals surface area (Å²) < 4.78 is 0. The average Bonchev–Trinajstić information content (AvgIpc) is 2.17. The molecule has 0 saturated heterocycles. The van der Waals surface area contributed by atoms with Gasteiger partial charge in [0, 0.05) is 0 Å². The summed E-state index contributed by atoms with van der Waals surface area (Å²) in [7, 11) is 0. The van der Waals surface area contributed by atoms with Crippen LogP contribution >= 0.6 is 0 Å². The zero-order chi connectivity index (χ0) is 11.7. The molecule has 86 valence electrons. The molecule has 0 aromatic rings. The van der Waals surface area contributed by atoms with Crippen molar-refractivity contribution in [3.05, 3.63) is 35.5 Å². The van der Waals surface area contributed by atoms with Gasteiger partial charge < -0.3 is 0 Å². The molecule has 0 nitrogen and oxygen atoms in total. The molecule has 0 aliphatic rings. The van der Waals surface area contributed by atoms with E-state index in [2.05, 4.69) is 58.9 Å². The molecule has 0 aromatic heterocycles. The molecule has 0 N–H and O–H groups in total. The molecular weight excluding hydrogens is 180 g/mol. The molecule has 0 bridgehead atoms. The molecule has 0 saturated carbocycles. The van der Waals surface area contributed by atoms with Gasteiger partial charge in [-0.15, -0.1) is 0 Å². The Bertz CT molecular complexity index is 237. The fourth-order valence-electron chi connectivity index (χ4n) is 1.36. The van der Waals surface area contributed by atoms with Crippen molar-refractivity contribution in [2.24, 2.45) is 5.92 Å². The van der Waals surface area contributed by atoms with Gasteiger partial charge in [0.2, 0.25) is 0 Å². The fourth-order valence-corrected chi connectivity index (χ4v) is 1.36. The van der Waals surface area contributed by atoms with Gasteiger partial charge in [-0.05, 0) is 52.9 Å². The molecule has 0 rings (SSSR count). The summed E-state index contributed by atoms with van der Waals surface area (Å²) in [6, 6.07) is 0. The highest BCUT2D eigenvalue weighted by Crippen LogP contribution is 2.12. The molecule has 0 heterocycles. The van der Waals surface area contributed by atoms with Gasteiger partial charge in [0.15, 0.2) is 0 Å². The van der Waals surface area contributed by atoms with E-state index < -0.39 is 0 Å². The molecule has 0 radical (unpaired) electrons. The van der Waals surface area contributed by atoms with Crippen LogP contribution in [-0.2, 0) is 0 Å². The Labute approximate surface area is 95.8 Å². The van der Waals surface area contributed by atoms with Crippen molar-refractivity contribution in [1.82, 2.24) is 0 Å². The second kappa shape index (κ2) is 8.52. The van der Waals surface area contributed by atoms with Crippen LogP contribution in [-0.4, -0.2) is 0 Å². The van der Waals surface area contributed by atoms with Crippen LogP contribution in [0.3, 0.4) is 0 Å². The van der Waals surface area contributed by atoms with Gasteiger partial charge in [-0.25, -0.2) is 0 Å². The molecule has 0 heteroatoms. The van der Waals surface area contributed by atoms with Crippen molar-refractivity contribution in [2.75, 3.05) is 0 Å². The molecular formula is C15H26. The van der Waals surface area contributed by atoms with Crippen molar-refractivity contribution >= 4 is 0 Å². The summed E-state index contributed by atoms with van der Waals surface area (Å²) in [4.78, 5) is 0. The molecule has 0 fully saturated rings. The van der Waals surface area contributed by atoms with Crippen LogP contribution in [0.4, 0.5) is 0 Å². The van der Waals surface area contributed by atoms with E-state index in [0.29, 0.717) is 0 Å². The van der Waals surface area contributed by atoms with Crippen LogP contribution in [0.2, 0.25) is 0 Å². The van der Waals surface area contributed by atoms with Gasteiger partial charge in [-0.1, -0.05) is 42.4 Å². The zero-order valence-electron chi connectivity index (χ0n) is 11.0. The third kappa shape index (κ3) is 9.52. The maximum Gasteiger partial charge on any atom is -0.0322 e. The molecule has 1 atom stereocenters. The maximum absolute atomic E-state index is 2.33. The summed E-state index contributed by atoms with van der Waals surface area (Å²) in [5.41, 5.74) is 2.79. The first-order valence-electron chi connectivity index (χ1n) is 5.99. The third-order valence-corrected chi connectivity index (χ3v) is 2.59. The summed E-state index contributed by atoms with van der Waals surface area (Å²) in [6.45, 7) is 10.9. The predicted octanol–water partition coefficient (Wildman–Crippen LogP) is 5.28. The lowest BCUT2D eigenvalue weighted by atomic mass is 10.0. The van der Waals surface area contributed by atoms with Crippen molar-refractivity contribution < 1.29 is 0 Å². The minimum atomic E-state index is 0.793. The fraction of sp³-hybridized carbons (Fsp3) is 0.600. The number of hydrogen-bond acceptors (Lipinski definition) is 0. The lowest BCUT2D eigenvalue weighted by molar-refractivity contribution is 0.545. The smallest absolute Gasteiger partial charge is 0.0322 e. The zero-order valence-corrected chi connectivity index (χ0v) is 11.0. The monoisotopic (exact) mass is 206 g/mol. The van der Waals surface area contributed by atoms with Crippen LogP contribution < -0.4 is 0 Å². The van der Waals surface area contributed by atoms with Gasteiger partial charge in [-0.2, -0.15) is 0 Å². The highest BCUT2D eigenvalue weighted by Gasteiger charge is 1.97. The second-order valence-corrected chi connectivity index (χ2v) is 4.63. The van der Waals surface area contributed by atoms with Gasteiger partial charge in [-0.3, -0.25) is 0 Å². The van der Waals surface area contributed by atoms with Gasteiger partial charge in [0.05, 0.1) is 0 Å². The first-order chi connectivity index (χ1) is 7.06. The number of hydrogen-bond donors (Lipinski definition) is 0. The van der Waals surface area contributed by atoms with Crippen LogP contribution in [0.25, 0.3) is 0 Å². The highest BCUT2D eigenvalue weighted by molar-refractivity contribution is 5.14. The Balaban J connectivity index is 3.71. The molecule has 0 amide bonds. The second-order valence-electron chi connectivity index (χ2n) is 4.63. The van der Waals surface area contributed by atoms with E-state index in [1.54, 1.807) is 0 Å². The first kappa shape index (κ1) is 14.2. The van der Waals surface area contributed by atoms with Gasteiger partial charge in [0.25, 0.3) is 0 Å².